The summed E-state index contributed by atoms with van der Waals surface area (Å²) >= 11 is 0. The molecular weight excluding hydrogens is 478 g/mol. The molecule has 1 aliphatic rings. The predicted molar refractivity (Wildman–Crippen MR) is 152 cm³/mol. The molecule has 0 unspecified atom stereocenters. The van der Waals surface area contributed by atoms with Gasteiger partial charge in [-0.2, -0.15) is 0 Å². The molecule has 4 nitrogen and oxygen atoms in total. The van der Waals surface area contributed by atoms with Crippen molar-refractivity contribution >= 4 is 9.84 Å². The van der Waals surface area contributed by atoms with E-state index in [1.165, 1.54) is 48.2 Å². The summed E-state index contributed by atoms with van der Waals surface area (Å²) in [6.45, 7) is 12.1. The fraction of sp³-hybridized carbons (Fsp3) is 0.438. The number of rotatable bonds is 10. The Morgan fingerprint density at radius 1 is 0.838 bits per heavy atom. The SMILES string of the molecule is Cc1ccc(Cc2ccc(OCCN3CCCC3)cc2)cc1Cc1cccc(S(=O)(=O)CC(C)(C)C)c1. The lowest BCUT2D eigenvalue weighted by Gasteiger charge is -2.18. The number of nitrogens with zero attached hydrogens (tertiary/aromatic N) is 1. The van der Waals surface area contributed by atoms with E-state index in [2.05, 4.69) is 54.3 Å². The van der Waals surface area contributed by atoms with Gasteiger partial charge in [0.1, 0.15) is 12.4 Å². The van der Waals surface area contributed by atoms with Crippen LogP contribution in [0.5, 0.6) is 5.75 Å². The van der Waals surface area contributed by atoms with Crippen LogP contribution in [0.3, 0.4) is 0 Å². The minimum absolute atomic E-state index is 0.139. The molecule has 0 radical (unpaired) electrons. The van der Waals surface area contributed by atoms with Crippen LogP contribution in [0, 0.1) is 12.3 Å². The fourth-order valence-corrected chi connectivity index (χ4v) is 6.91. The minimum atomic E-state index is -3.32. The minimum Gasteiger partial charge on any atom is -0.492 e. The van der Waals surface area contributed by atoms with Crippen molar-refractivity contribution in [2.45, 2.75) is 58.3 Å². The average Bonchev–Trinajstić information content (AvgIpc) is 3.35. The number of aryl methyl sites for hydroxylation is 1. The molecule has 1 heterocycles. The summed E-state index contributed by atoms with van der Waals surface area (Å²) in [6.07, 6.45) is 4.17. The van der Waals surface area contributed by atoms with Crippen molar-refractivity contribution in [2.24, 2.45) is 5.41 Å². The molecule has 0 spiro atoms. The van der Waals surface area contributed by atoms with Crippen molar-refractivity contribution in [2.75, 3.05) is 32.0 Å². The van der Waals surface area contributed by atoms with Gasteiger partial charge in [0, 0.05) is 6.54 Å². The number of ether oxygens (including phenoxy) is 1. The van der Waals surface area contributed by atoms with E-state index in [0.717, 1.165) is 30.9 Å². The van der Waals surface area contributed by atoms with E-state index in [-0.39, 0.29) is 11.2 Å². The lowest BCUT2D eigenvalue weighted by atomic mass is 9.96. The molecule has 0 saturated carbocycles. The van der Waals surface area contributed by atoms with Crippen LogP contribution in [-0.4, -0.2) is 45.3 Å². The van der Waals surface area contributed by atoms with Crippen LogP contribution in [0.4, 0.5) is 0 Å². The molecule has 4 rings (SSSR count). The smallest absolute Gasteiger partial charge is 0.178 e. The summed E-state index contributed by atoms with van der Waals surface area (Å²) in [5.41, 5.74) is 5.68. The van der Waals surface area contributed by atoms with Crippen molar-refractivity contribution in [3.8, 4) is 5.75 Å². The zero-order valence-corrected chi connectivity index (χ0v) is 23.6. The highest BCUT2D eigenvalue weighted by molar-refractivity contribution is 7.91. The Bertz CT molecular complexity index is 1280. The van der Waals surface area contributed by atoms with Crippen LogP contribution in [-0.2, 0) is 22.7 Å². The van der Waals surface area contributed by atoms with Crippen LogP contribution >= 0.6 is 0 Å². The van der Waals surface area contributed by atoms with Gasteiger partial charge in [0.15, 0.2) is 9.84 Å². The molecule has 3 aromatic carbocycles. The summed E-state index contributed by atoms with van der Waals surface area (Å²) < 4.78 is 31.8. The molecule has 1 aliphatic heterocycles. The van der Waals surface area contributed by atoms with E-state index >= 15 is 0 Å². The van der Waals surface area contributed by atoms with Gasteiger partial charge in [0.2, 0.25) is 0 Å². The molecule has 0 amide bonds. The van der Waals surface area contributed by atoms with Crippen LogP contribution in [0.25, 0.3) is 0 Å². The third kappa shape index (κ3) is 8.18. The third-order valence-electron chi connectivity index (χ3n) is 6.90. The summed E-state index contributed by atoms with van der Waals surface area (Å²) in [6, 6.07) is 22.5. The van der Waals surface area contributed by atoms with Crippen LogP contribution < -0.4 is 4.74 Å². The first-order chi connectivity index (χ1) is 17.6. The number of benzene rings is 3. The summed E-state index contributed by atoms with van der Waals surface area (Å²) in [5.74, 6) is 1.06. The molecule has 0 bridgehead atoms. The maximum Gasteiger partial charge on any atom is 0.178 e. The summed E-state index contributed by atoms with van der Waals surface area (Å²) in [4.78, 5) is 2.88. The van der Waals surface area contributed by atoms with Gasteiger partial charge in [-0.15, -0.1) is 0 Å². The van der Waals surface area contributed by atoms with Gasteiger partial charge < -0.3 is 4.74 Å². The zero-order chi connectivity index (χ0) is 26.5. The molecule has 0 aliphatic carbocycles. The van der Waals surface area contributed by atoms with E-state index in [9.17, 15) is 8.42 Å². The normalized spacial score (nSPS) is 14.7. The maximum atomic E-state index is 12.9. The third-order valence-corrected chi connectivity index (χ3v) is 9.11. The molecule has 0 N–H and O–H groups in total. The Kier molecular flexibility index (Phi) is 8.76. The number of hydrogen-bond acceptors (Lipinski definition) is 4. The largest absolute Gasteiger partial charge is 0.492 e. The number of likely N-dealkylation sites (tertiary alicyclic amines) is 1. The summed E-state index contributed by atoms with van der Waals surface area (Å²) in [5, 5.41) is 0. The van der Waals surface area contributed by atoms with Crippen molar-refractivity contribution in [3.63, 3.8) is 0 Å². The average molecular weight is 520 g/mol. The van der Waals surface area contributed by atoms with Crippen LogP contribution in [0.15, 0.2) is 71.6 Å². The van der Waals surface area contributed by atoms with E-state index in [4.69, 9.17) is 4.74 Å². The second-order valence-corrected chi connectivity index (χ2v) is 13.6. The first-order valence-electron chi connectivity index (χ1n) is 13.4. The van der Waals surface area contributed by atoms with E-state index < -0.39 is 9.84 Å². The highest BCUT2D eigenvalue weighted by atomic mass is 32.2. The van der Waals surface area contributed by atoms with Crippen LogP contribution in [0.1, 0.15) is 61.4 Å². The van der Waals surface area contributed by atoms with Gasteiger partial charge in [-0.25, -0.2) is 8.42 Å². The highest BCUT2D eigenvalue weighted by Gasteiger charge is 2.23. The lowest BCUT2D eigenvalue weighted by molar-refractivity contribution is 0.238. The Balaban J connectivity index is 1.39. The van der Waals surface area contributed by atoms with E-state index in [1.807, 2.05) is 39.0 Å². The molecule has 5 heteroatoms. The molecule has 0 atom stereocenters. The van der Waals surface area contributed by atoms with Gasteiger partial charge in [0.25, 0.3) is 0 Å². The Morgan fingerprint density at radius 2 is 1.51 bits per heavy atom. The van der Waals surface area contributed by atoms with Crippen molar-refractivity contribution < 1.29 is 13.2 Å². The maximum absolute atomic E-state index is 12.9. The molecule has 0 aromatic heterocycles. The Labute approximate surface area is 223 Å². The van der Waals surface area contributed by atoms with Crippen molar-refractivity contribution in [3.05, 3.63) is 94.5 Å². The Morgan fingerprint density at radius 3 is 2.22 bits per heavy atom. The monoisotopic (exact) mass is 519 g/mol. The molecule has 1 saturated heterocycles. The topological polar surface area (TPSA) is 46.6 Å². The fourth-order valence-electron chi connectivity index (χ4n) is 4.99. The standard InChI is InChI=1S/C32H41NO3S/c1-25-10-11-28(20-26-12-14-30(15-13-26)36-19-18-33-16-5-6-17-33)22-29(25)21-27-8-7-9-31(23-27)37(34,35)24-32(2,3)4/h7-15,22-23H,5-6,16-21,24H2,1-4H3. The van der Waals surface area contributed by atoms with Gasteiger partial charge in [-0.3, -0.25) is 4.90 Å². The molecular formula is C32H41NO3S. The Hall–Kier alpha value is -2.63. The summed E-state index contributed by atoms with van der Waals surface area (Å²) in [7, 11) is -3.32. The second-order valence-electron chi connectivity index (χ2n) is 11.6. The number of sulfone groups is 1. The van der Waals surface area contributed by atoms with Gasteiger partial charge in [-0.05, 0) is 103 Å². The molecule has 3 aromatic rings. The molecule has 37 heavy (non-hydrogen) atoms. The molecule has 198 valence electrons. The molecule has 1 fully saturated rings. The van der Waals surface area contributed by atoms with Crippen molar-refractivity contribution in [1.29, 1.82) is 0 Å². The first kappa shape index (κ1) is 27.4. The second kappa shape index (κ2) is 11.8. The first-order valence-corrected chi connectivity index (χ1v) is 15.1. The lowest BCUT2D eigenvalue weighted by Crippen LogP contribution is -2.25. The quantitative estimate of drug-likeness (QED) is 0.308. The zero-order valence-electron chi connectivity index (χ0n) is 22.8. The van der Waals surface area contributed by atoms with Crippen molar-refractivity contribution in [1.82, 2.24) is 4.90 Å². The van der Waals surface area contributed by atoms with Crippen LogP contribution in [0.2, 0.25) is 0 Å². The van der Waals surface area contributed by atoms with E-state index in [1.54, 1.807) is 6.07 Å². The van der Waals surface area contributed by atoms with E-state index in [0.29, 0.717) is 11.3 Å². The van der Waals surface area contributed by atoms with Gasteiger partial charge >= 0.3 is 0 Å². The highest BCUT2D eigenvalue weighted by Crippen LogP contribution is 2.25. The predicted octanol–water partition coefficient (Wildman–Crippen LogP) is 6.47. The number of hydrogen-bond donors (Lipinski definition) is 0. The van der Waals surface area contributed by atoms with Gasteiger partial charge in [-0.1, -0.05) is 63.2 Å². The van der Waals surface area contributed by atoms with Gasteiger partial charge in [0.05, 0.1) is 10.6 Å².